The number of carbonyl (C=O) groups excluding carboxylic acids is 1. The first-order chi connectivity index (χ1) is 8.86. The number of aryl methyl sites for hydroxylation is 1. The number of aromatic amines is 1. The highest BCUT2D eigenvalue weighted by Crippen LogP contribution is 2.27. The van der Waals surface area contributed by atoms with Crippen LogP contribution in [-0.2, 0) is 6.18 Å². The quantitative estimate of drug-likeness (QED) is 0.880. The molecule has 0 unspecified atom stereocenters. The van der Waals surface area contributed by atoms with Gasteiger partial charge in [0.25, 0.3) is 5.91 Å². The van der Waals surface area contributed by atoms with E-state index in [9.17, 15) is 18.0 Å². The summed E-state index contributed by atoms with van der Waals surface area (Å²) in [5.41, 5.74) is -0.561. The average Bonchev–Trinajstić information content (AvgIpc) is 2.77. The molecule has 0 saturated carbocycles. The van der Waals surface area contributed by atoms with Crippen molar-refractivity contribution < 1.29 is 18.0 Å². The predicted molar refractivity (Wildman–Crippen MR) is 60.5 cm³/mol. The van der Waals surface area contributed by atoms with Crippen molar-refractivity contribution in [2.75, 3.05) is 5.32 Å². The highest BCUT2D eigenvalue weighted by molar-refractivity contribution is 6.02. The van der Waals surface area contributed by atoms with Gasteiger partial charge in [0.15, 0.2) is 5.69 Å². The van der Waals surface area contributed by atoms with Gasteiger partial charge in [0.05, 0.1) is 0 Å². The van der Waals surface area contributed by atoms with Gasteiger partial charge in [0, 0.05) is 12.3 Å². The molecule has 0 fully saturated rings. The number of hydrogen-bond acceptors (Lipinski definition) is 3. The Morgan fingerprint density at radius 1 is 1.37 bits per heavy atom. The first-order valence-electron chi connectivity index (χ1n) is 5.23. The molecule has 1 amide bonds. The molecule has 0 aromatic carbocycles. The van der Waals surface area contributed by atoms with Crippen LogP contribution in [-0.4, -0.2) is 21.1 Å². The fourth-order valence-corrected chi connectivity index (χ4v) is 1.37. The Labute approximate surface area is 105 Å². The highest BCUT2D eigenvalue weighted by atomic mass is 19.4. The fourth-order valence-electron chi connectivity index (χ4n) is 1.37. The molecule has 0 spiro atoms. The topological polar surface area (TPSA) is 70.7 Å². The van der Waals surface area contributed by atoms with E-state index in [1.54, 1.807) is 24.2 Å². The number of pyridine rings is 1. The Hall–Kier alpha value is -2.38. The third-order valence-electron chi connectivity index (χ3n) is 2.27. The van der Waals surface area contributed by atoms with Crippen LogP contribution in [0.5, 0.6) is 0 Å². The van der Waals surface area contributed by atoms with Gasteiger partial charge in [-0.15, -0.1) is 0 Å². The molecule has 100 valence electrons. The molecule has 2 N–H and O–H groups in total. The Kier molecular flexibility index (Phi) is 3.24. The van der Waals surface area contributed by atoms with E-state index in [4.69, 9.17) is 0 Å². The molecule has 0 atom stereocenters. The molecule has 2 heterocycles. The van der Waals surface area contributed by atoms with E-state index < -0.39 is 17.8 Å². The lowest BCUT2D eigenvalue weighted by Gasteiger charge is -2.02. The summed E-state index contributed by atoms with van der Waals surface area (Å²) >= 11 is 0. The van der Waals surface area contributed by atoms with Crippen molar-refractivity contribution in [1.29, 1.82) is 0 Å². The van der Waals surface area contributed by atoms with Crippen molar-refractivity contribution in [3.05, 3.63) is 41.3 Å². The molecular weight excluding hydrogens is 261 g/mol. The van der Waals surface area contributed by atoms with E-state index in [2.05, 4.69) is 15.4 Å². The third-order valence-corrected chi connectivity index (χ3v) is 2.27. The van der Waals surface area contributed by atoms with E-state index in [1.807, 2.05) is 0 Å². The highest BCUT2D eigenvalue weighted by Gasteiger charge is 2.33. The van der Waals surface area contributed by atoms with Gasteiger partial charge >= 0.3 is 6.18 Å². The van der Waals surface area contributed by atoms with Crippen molar-refractivity contribution >= 4 is 11.7 Å². The van der Waals surface area contributed by atoms with Gasteiger partial charge in [-0.2, -0.15) is 18.3 Å². The molecule has 2 aromatic rings. The molecule has 0 saturated heterocycles. The number of carbonyl (C=O) groups is 1. The maximum Gasteiger partial charge on any atom is 0.432 e. The summed E-state index contributed by atoms with van der Waals surface area (Å²) in [7, 11) is 0. The molecule has 0 aliphatic rings. The maximum atomic E-state index is 12.3. The van der Waals surface area contributed by atoms with Crippen molar-refractivity contribution in [3.63, 3.8) is 0 Å². The van der Waals surface area contributed by atoms with Crippen LogP contribution in [0, 0.1) is 6.92 Å². The zero-order valence-corrected chi connectivity index (χ0v) is 9.75. The van der Waals surface area contributed by atoms with Crippen LogP contribution in [0.25, 0.3) is 0 Å². The Morgan fingerprint density at radius 2 is 2.11 bits per heavy atom. The van der Waals surface area contributed by atoms with Gasteiger partial charge in [0.2, 0.25) is 0 Å². The molecule has 2 aromatic heterocycles. The number of nitrogens with one attached hydrogen (secondary N) is 2. The van der Waals surface area contributed by atoms with E-state index >= 15 is 0 Å². The minimum absolute atomic E-state index is 0.251. The van der Waals surface area contributed by atoms with Crippen molar-refractivity contribution in [1.82, 2.24) is 15.2 Å². The fraction of sp³-hybridized carbons (Fsp3) is 0.182. The third kappa shape index (κ3) is 3.09. The summed E-state index contributed by atoms with van der Waals surface area (Å²) < 4.78 is 37.0. The second-order valence-corrected chi connectivity index (χ2v) is 3.84. The Morgan fingerprint density at radius 3 is 2.68 bits per heavy atom. The molecule has 0 aliphatic carbocycles. The van der Waals surface area contributed by atoms with Crippen molar-refractivity contribution in [2.45, 2.75) is 13.1 Å². The van der Waals surface area contributed by atoms with Crippen LogP contribution in [0.1, 0.15) is 21.7 Å². The number of nitrogens with zero attached hydrogens (tertiary/aromatic N) is 2. The zero-order chi connectivity index (χ0) is 14.0. The van der Waals surface area contributed by atoms with E-state index in [-0.39, 0.29) is 11.5 Å². The number of hydrogen-bond donors (Lipinski definition) is 2. The summed E-state index contributed by atoms with van der Waals surface area (Å²) in [5, 5.41) is 7.45. The van der Waals surface area contributed by atoms with Gasteiger partial charge in [0.1, 0.15) is 11.5 Å². The molecule has 8 heteroatoms. The van der Waals surface area contributed by atoms with Crippen LogP contribution >= 0.6 is 0 Å². The van der Waals surface area contributed by atoms with Gasteiger partial charge < -0.3 is 5.32 Å². The Balaban J connectivity index is 2.14. The number of rotatable bonds is 2. The number of alkyl halides is 3. The van der Waals surface area contributed by atoms with Crippen LogP contribution < -0.4 is 5.32 Å². The predicted octanol–water partition coefficient (Wildman–Crippen LogP) is 2.38. The summed E-state index contributed by atoms with van der Waals surface area (Å²) in [6.07, 6.45) is -3.08. The van der Waals surface area contributed by atoms with Crippen molar-refractivity contribution in [2.24, 2.45) is 0 Å². The zero-order valence-electron chi connectivity index (χ0n) is 9.75. The summed E-state index contributed by atoms with van der Waals surface area (Å²) in [4.78, 5) is 15.5. The van der Waals surface area contributed by atoms with Crippen LogP contribution in [0.15, 0.2) is 24.4 Å². The Bertz CT molecular complexity index is 606. The van der Waals surface area contributed by atoms with E-state index in [1.165, 1.54) is 6.20 Å². The standard InChI is InChI=1S/C11H9F3N4O/c1-6-2-3-15-9(4-6)16-10(19)7-5-8(18-17-7)11(12,13)14/h2-5H,1H3,(H,17,18)(H,15,16,19). The summed E-state index contributed by atoms with van der Waals surface area (Å²) in [6, 6.07) is 3.96. The summed E-state index contributed by atoms with van der Waals surface area (Å²) in [6.45, 7) is 1.80. The summed E-state index contributed by atoms with van der Waals surface area (Å²) in [5.74, 6) is -0.508. The maximum absolute atomic E-state index is 12.3. The first-order valence-corrected chi connectivity index (χ1v) is 5.23. The lowest BCUT2D eigenvalue weighted by atomic mass is 10.3. The van der Waals surface area contributed by atoms with Crippen LogP contribution in [0.3, 0.4) is 0 Å². The van der Waals surface area contributed by atoms with E-state index in [0.717, 1.165) is 5.56 Å². The molecule has 2 rings (SSSR count). The first kappa shape index (κ1) is 13.1. The number of amides is 1. The number of aromatic nitrogens is 3. The van der Waals surface area contributed by atoms with Gasteiger partial charge in [-0.3, -0.25) is 9.89 Å². The van der Waals surface area contributed by atoms with Crippen molar-refractivity contribution in [3.8, 4) is 0 Å². The number of anilines is 1. The molecular formula is C11H9F3N4O. The largest absolute Gasteiger partial charge is 0.432 e. The smallest absolute Gasteiger partial charge is 0.305 e. The average molecular weight is 270 g/mol. The normalized spacial score (nSPS) is 11.4. The molecule has 0 bridgehead atoms. The number of H-pyrrole nitrogens is 1. The minimum atomic E-state index is -4.56. The van der Waals surface area contributed by atoms with Gasteiger partial charge in [-0.1, -0.05) is 0 Å². The lowest BCUT2D eigenvalue weighted by Crippen LogP contribution is -2.13. The van der Waals surface area contributed by atoms with Crippen LogP contribution in [0.2, 0.25) is 0 Å². The second-order valence-electron chi connectivity index (χ2n) is 3.84. The molecule has 19 heavy (non-hydrogen) atoms. The monoisotopic (exact) mass is 270 g/mol. The molecule has 0 aliphatic heterocycles. The SMILES string of the molecule is Cc1ccnc(NC(=O)c2cc(C(F)(F)F)[nH]n2)c1. The molecule has 0 radical (unpaired) electrons. The minimum Gasteiger partial charge on any atom is -0.305 e. The van der Waals surface area contributed by atoms with E-state index in [0.29, 0.717) is 6.07 Å². The van der Waals surface area contributed by atoms with Gasteiger partial charge in [-0.05, 0) is 24.6 Å². The molecule has 5 nitrogen and oxygen atoms in total. The van der Waals surface area contributed by atoms with Gasteiger partial charge in [-0.25, -0.2) is 4.98 Å². The van der Waals surface area contributed by atoms with Crippen LogP contribution in [0.4, 0.5) is 19.0 Å². The lowest BCUT2D eigenvalue weighted by molar-refractivity contribution is -0.141. The second kappa shape index (κ2) is 4.71. The number of halogens is 3.